The molecule has 0 spiro atoms. The van der Waals surface area contributed by atoms with E-state index < -0.39 is 22.3 Å². The van der Waals surface area contributed by atoms with Gasteiger partial charge < -0.3 is 24.4 Å². The number of methoxy groups -OCH3 is 1. The van der Waals surface area contributed by atoms with Crippen LogP contribution in [0.1, 0.15) is 29.0 Å². The second-order valence-electron chi connectivity index (χ2n) is 9.65. The van der Waals surface area contributed by atoms with E-state index in [1.807, 2.05) is 18.2 Å². The van der Waals surface area contributed by atoms with Crippen molar-refractivity contribution in [3.8, 4) is 16.9 Å². The molecule has 0 saturated heterocycles. The molecule has 210 valence electrons. The Labute approximate surface area is 233 Å². The molecule has 0 fully saturated rings. The Balaban J connectivity index is 1.28. The highest BCUT2D eigenvalue weighted by Crippen LogP contribution is 2.39. The summed E-state index contributed by atoms with van der Waals surface area (Å²) in [5.41, 5.74) is 5.82. The van der Waals surface area contributed by atoms with Crippen LogP contribution in [-0.2, 0) is 30.7 Å². The van der Waals surface area contributed by atoms with Gasteiger partial charge in [-0.05, 0) is 64.6 Å². The summed E-state index contributed by atoms with van der Waals surface area (Å²) in [6.45, 7) is -0.600. The second kappa shape index (κ2) is 11.8. The number of aliphatic carboxylic acids is 1. The molecule has 3 aromatic rings. The molecule has 0 unspecified atom stereocenters. The zero-order valence-corrected chi connectivity index (χ0v) is 22.8. The Kier molecular flexibility index (Phi) is 8.22. The zero-order chi connectivity index (χ0) is 28.3. The van der Waals surface area contributed by atoms with Crippen LogP contribution in [0.2, 0.25) is 0 Å². The largest absolute Gasteiger partial charge is 0.497 e. The van der Waals surface area contributed by atoms with Crippen molar-refractivity contribution in [1.29, 1.82) is 0 Å². The first kappa shape index (κ1) is 27.9. The van der Waals surface area contributed by atoms with Crippen LogP contribution in [0.3, 0.4) is 0 Å². The number of hydrogen-bond donors (Lipinski definition) is 2. The predicted octanol–water partition coefficient (Wildman–Crippen LogP) is 3.76. The summed E-state index contributed by atoms with van der Waals surface area (Å²) in [6, 6.07) is 20.4. The summed E-state index contributed by atoms with van der Waals surface area (Å²) in [7, 11) is -2.41. The summed E-state index contributed by atoms with van der Waals surface area (Å²) >= 11 is 0. The SMILES string of the molecule is COc1ccc(S(=O)(=O)N(CCO)CCO[C@H]2C[C@@H](c3ccc4c(c3)Cc3ccccc3-4)C=C(C(=O)O)O2)cc1. The number of allylic oxidation sites excluding steroid dienone is 1. The van der Waals surface area contributed by atoms with E-state index >= 15 is 0 Å². The number of carbonyl (C=O) groups is 1. The van der Waals surface area contributed by atoms with Crippen molar-refractivity contribution in [3.05, 3.63) is 95.3 Å². The van der Waals surface area contributed by atoms with Gasteiger partial charge in [0.2, 0.25) is 22.1 Å². The van der Waals surface area contributed by atoms with Gasteiger partial charge >= 0.3 is 5.97 Å². The third-order valence-electron chi connectivity index (χ3n) is 7.21. The van der Waals surface area contributed by atoms with Crippen molar-refractivity contribution >= 4 is 16.0 Å². The molecular weight excluding hydrogens is 534 g/mol. The van der Waals surface area contributed by atoms with Gasteiger partial charge in [-0.25, -0.2) is 13.2 Å². The number of benzene rings is 3. The topological polar surface area (TPSA) is 123 Å². The maximum atomic E-state index is 13.2. The van der Waals surface area contributed by atoms with Crippen molar-refractivity contribution in [2.75, 3.05) is 33.4 Å². The predicted molar refractivity (Wildman–Crippen MR) is 147 cm³/mol. The fraction of sp³-hybridized carbons (Fsp3) is 0.300. The molecule has 10 heteroatoms. The van der Waals surface area contributed by atoms with Gasteiger partial charge in [0.05, 0.1) is 25.2 Å². The molecule has 0 bridgehead atoms. The number of carboxylic acids is 1. The number of aliphatic hydroxyl groups excluding tert-OH is 1. The van der Waals surface area contributed by atoms with E-state index in [1.165, 1.54) is 41.5 Å². The van der Waals surface area contributed by atoms with E-state index in [0.717, 1.165) is 16.3 Å². The monoisotopic (exact) mass is 565 g/mol. The number of hydrogen-bond acceptors (Lipinski definition) is 7. The van der Waals surface area contributed by atoms with Gasteiger partial charge in [-0.15, -0.1) is 0 Å². The van der Waals surface area contributed by atoms with Crippen LogP contribution in [0.25, 0.3) is 11.1 Å². The first-order chi connectivity index (χ1) is 19.3. The number of nitrogens with zero attached hydrogens (tertiary/aromatic N) is 1. The van der Waals surface area contributed by atoms with Gasteiger partial charge in [-0.2, -0.15) is 4.31 Å². The van der Waals surface area contributed by atoms with Crippen LogP contribution in [-0.4, -0.2) is 68.6 Å². The average molecular weight is 566 g/mol. The molecule has 40 heavy (non-hydrogen) atoms. The first-order valence-electron chi connectivity index (χ1n) is 13.0. The number of rotatable bonds is 11. The lowest BCUT2D eigenvalue weighted by Crippen LogP contribution is -2.37. The van der Waals surface area contributed by atoms with Crippen LogP contribution in [0.5, 0.6) is 5.75 Å². The number of fused-ring (bicyclic) bond motifs is 3. The molecule has 0 radical (unpaired) electrons. The normalized spacial score (nSPS) is 18.0. The minimum atomic E-state index is -3.91. The van der Waals surface area contributed by atoms with Crippen molar-refractivity contribution in [1.82, 2.24) is 4.31 Å². The number of carboxylic acid groups (broad SMARTS) is 1. The summed E-state index contributed by atoms with van der Waals surface area (Å²) < 4.78 is 44.0. The standard InChI is InChI=1S/C30H31NO8S/c1-37-24-7-9-25(10-8-24)40(35,36)31(12-14-32)13-15-38-29-19-22(18-28(39-29)30(33)34)20-6-11-27-23(16-20)17-21-4-2-3-5-26(21)27/h2-11,16,18,22,29,32H,12-15,17,19H2,1H3,(H,33,34)/t22-,29+/m0/s1. The van der Waals surface area contributed by atoms with Gasteiger partial charge in [-0.3, -0.25) is 0 Å². The highest BCUT2D eigenvalue weighted by Gasteiger charge is 2.31. The minimum Gasteiger partial charge on any atom is -0.497 e. The Morgan fingerprint density at radius 2 is 1.77 bits per heavy atom. The molecule has 1 aliphatic heterocycles. The quantitative estimate of drug-likeness (QED) is 0.282. The van der Waals surface area contributed by atoms with Crippen molar-refractivity contribution in [2.45, 2.75) is 29.9 Å². The molecule has 0 aromatic heterocycles. The maximum absolute atomic E-state index is 13.2. The first-order valence-corrected chi connectivity index (χ1v) is 14.4. The fourth-order valence-electron chi connectivity index (χ4n) is 5.19. The highest BCUT2D eigenvalue weighted by atomic mass is 32.2. The van der Waals surface area contributed by atoms with Crippen LogP contribution >= 0.6 is 0 Å². The summed E-state index contributed by atoms with van der Waals surface area (Å²) in [6.07, 6.45) is 1.90. The lowest BCUT2D eigenvalue weighted by Gasteiger charge is -2.29. The summed E-state index contributed by atoms with van der Waals surface area (Å²) in [5.74, 6) is -1.13. The van der Waals surface area contributed by atoms with Crippen molar-refractivity contribution < 1.29 is 37.6 Å². The smallest absolute Gasteiger partial charge is 0.370 e. The van der Waals surface area contributed by atoms with Crippen molar-refractivity contribution in [2.24, 2.45) is 0 Å². The molecule has 2 aliphatic rings. The summed E-state index contributed by atoms with van der Waals surface area (Å²) in [4.78, 5) is 11.9. The molecule has 2 atom stereocenters. The molecular formula is C30H31NO8S. The number of aliphatic hydroxyl groups is 1. The summed E-state index contributed by atoms with van der Waals surface area (Å²) in [5, 5.41) is 19.2. The van der Waals surface area contributed by atoms with Gasteiger partial charge in [0.15, 0.2) is 0 Å². The van der Waals surface area contributed by atoms with Crippen molar-refractivity contribution in [3.63, 3.8) is 0 Å². The van der Waals surface area contributed by atoms with Gasteiger partial charge in [0.25, 0.3) is 0 Å². The fourth-order valence-corrected chi connectivity index (χ4v) is 6.60. The van der Waals surface area contributed by atoms with E-state index in [9.17, 15) is 23.4 Å². The molecule has 1 heterocycles. The van der Waals surface area contributed by atoms with Gasteiger partial charge in [0.1, 0.15) is 5.75 Å². The lowest BCUT2D eigenvalue weighted by molar-refractivity contribution is -0.157. The third-order valence-corrected chi connectivity index (χ3v) is 9.12. The van der Waals surface area contributed by atoms with E-state index in [2.05, 4.69) is 24.3 Å². The lowest BCUT2D eigenvalue weighted by atomic mass is 9.90. The molecule has 0 saturated carbocycles. The number of sulfonamides is 1. The Morgan fingerprint density at radius 3 is 2.50 bits per heavy atom. The molecule has 2 N–H and O–H groups in total. The third kappa shape index (κ3) is 5.75. The zero-order valence-electron chi connectivity index (χ0n) is 22.0. The Morgan fingerprint density at radius 1 is 1.02 bits per heavy atom. The van der Waals surface area contributed by atoms with Crippen LogP contribution in [0.4, 0.5) is 0 Å². The molecule has 3 aromatic carbocycles. The van der Waals surface area contributed by atoms with E-state index in [1.54, 1.807) is 18.2 Å². The van der Waals surface area contributed by atoms with Crippen LogP contribution in [0.15, 0.2) is 83.5 Å². The second-order valence-corrected chi connectivity index (χ2v) is 11.6. The number of ether oxygens (including phenoxy) is 3. The molecule has 9 nitrogen and oxygen atoms in total. The molecule has 0 amide bonds. The van der Waals surface area contributed by atoms with Crippen LogP contribution < -0.4 is 4.74 Å². The molecule has 1 aliphatic carbocycles. The van der Waals surface area contributed by atoms with E-state index in [0.29, 0.717) is 12.2 Å². The highest BCUT2D eigenvalue weighted by molar-refractivity contribution is 7.89. The Bertz CT molecular complexity index is 1520. The average Bonchev–Trinajstić information content (AvgIpc) is 3.34. The van der Waals surface area contributed by atoms with Crippen LogP contribution in [0, 0.1) is 0 Å². The van der Waals surface area contributed by atoms with E-state index in [-0.39, 0.29) is 42.9 Å². The van der Waals surface area contributed by atoms with Gasteiger partial charge in [-0.1, -0.05) is 42.5 Å². The molecule has 5 rings (SSSR count). The minimum absolute atomic E-state index is 0.0529. The van der Waals surface area contributed by atoms with E-state index in [4.69, 9.17) is 14.2 Å². The Hall–Kier alpha value is -3.70. The van der Waals surface area contributed by atoms with Gasteiger partial charge in [0, 0.05) is 25.4 Å². The maximum Gasteiger partial charge on any atom is 0.370 e.